The Bertz CT molecular complexity index is 564. The summed E-state index contributed by atoms with van der Waals surface area (Å²) in [4.78, 5) is 0. The molecule has 2 aromatic rings. The molecular formula is C13H17BrFN5. The average molecular weight is 342 g/mol. The summed E-state index contributed by atoms with van der Waals surface area (Å²) in [6.07, 6.45) is 0. The Morgan fingerprint density at radius 2 is 2.10 bits per heavy atom. The number of aromatic nitrogens is 4. The predicted molar refractivity (Wildman–Crippen MR) is 78.1 cm³/mol. The molecule has 0 spiro atoms. The van der Waals surface area contributed by atoms with Crippen molar-refractivity contribution in [3.63, 3.8) is 0 Å². The average Bonchev–Trinajstić information content (AvgIpc) is 2.85. The van der Waals surface area contributed by atoms with Gasteiger partial charge in [-0.1, -0.05) is 19.9 Å². The van der Waals surface area contributed by atoms with Crippen LogP contribution in [0.4, 0.5) is 4.39 Å². The van der Waals surface area contributed by atoms with Crippen molar-refractivity contribution >= 4 is 15.9 Å². The van der Waals surface area contributed by atoms with Crippen LogP contribution in [0.25, 0.3) is 5.69 Å². The fourth-order valence-corrected chi connectivity index (χ4v) is 2.33. The zero-order valence-electron chi connectivity index (χ0n) is 11.6. The fraction of sp³-hybridized carbons (Fsp3) is 0.462. The highest BCUT2D eigenvalue weighted by molar-refractivity contribution is 9.10. The SMILES string of the molecule is CC(C)CNC(C)c1nnnn1-c1c(F)cccc1Br. The van der Waals surface area contributed by atoms with Crippen molar-refractivity contribution in [2.45, 2.75) is 26.8 Å². The fourth-order valence-electron chi connectivity index (χ4n) is 1.82. The van der Waals surface area contributed by atoms with Gasteiger partial charge in [-0.2, -0.15) is 4.68 Å². The Balaban J connectivity index is 2.33. The Hall–Kier alpha value is -1.34. The van der Waals surface area contributed by atoms with Gasteiger partial charge in [0.1, 0.15) is 11.5 Å². The second kappa shape index (κ2) is 6.41. The molecule has 0 fully saturated rings. The Labute approximate surface area is 125 Å². The number of halogens is 2. The minimum Gasteiger partial charge on any atom is -0.307 e. The second-order valence-electron chi connectivity index (χ2n) is 5.04. The van der Waals surface area contributed by atoms with E-state index in [0.717, 1.165) is 6.54 Å². The van der Waals surface area contributed by atoms with Crippen molar-refractivity contribution in [3.8, 4) is 5.69 Å². The lowest BCUT2D eigenvalue weighted by Gasteiger charge is -2.15. The number of rotatable bonds is 5. The molecule has 0 radical (unpaired) electrons. The molecule has 0 aliphatic heterocycles. The van der Waals surface area contributed by atoms with Crippen molar-refractivity contribution in [1.82, 2.24) is 25.5 Å². The number of para-hydroxylation sites is 1. The van der Waals surface area contributed by atoms with Gasteiger partial charge in [-0.3, -0.25) is 0 Å². The van der Waals surface area contributed by atoms with Crippen molar-refractivity contribution in [3.05, 3.63) is 34.3 Å². The first-order chi connectivity index (χ1) is 9.50. The van der Waals surface area contributed by atoms with Crippen LogP contribution in [0, 0.1) is 11.7 Å². The molecule has 0 saturated carbocycles. The summed E-state index contributed by atoms with van der Waals surface area (Å²) >= 11 is 3.34. The summed E-state index contributed by atoms with van der Waals surface area (Å²) in [6, 6.07) is 4.71. The Morgan fingerprint density at radius 1 is 1.35 bits per heavy atom. The van der Waals surface area contributed by atoms with Crippen molar-refractivity contribution < 1.29 is 4.39 Å². The van der Waals surface area contributed by atoms with Gasteiger partial charge in [0.05, 0.1) is 6.04 Å². The molecule has 2 rings (SSSR count). The number of hydrogen-bond acceptors (Lipinski definition) is 4. The maximum Gasteiger partial charge on any atom is 0.173 e. The lowest BCUT2D eigenvalue weighted by molar-refractivity contribution is 0.472. The zero-order valence-corrected chi connectivity index (χ0v) is 13.2. The van der Waals surface area contributed by atoms with Crippen LogP contribution >= 0.6 is 15.9 Å². The lowest BCUT2D eigenvalue weighted by Crippen LogP contribution is -2.26. The highest BCUT2D eigenvalue weighted by Crippen LogP contribution is 2.25. The molecule has 20 heavy (non-hydrogen) atoms. The minimum absolute atomic E-state index is 0.0705. The summed E-state index contributed by atoms with van der Waals surface area (Å²) in [5.41, 5.74) is 0.325. The summed E-state index contributed by atoms with van der Waals surface area (Å²) in [5.74, 6) is 0.724. The normalized spacial score (nSPS) is 12.9. The molecule has 5 nitrogen and oxygen atoms in total. The second-order valence-corrected chi connectivity index (χ2v) is 5.90. The van der Waals surface area contributed by atoms with Gasteiger partial charge in [0, 0.05) is 4.47 Å². The van der Waals surface area contributed by atoms with Gasteiger partial charge in [0.25, 0.3) is 0 Å². The number of nitrogens with zero attached hydrogens (tertiary/aromatic N) is 4. The third kappa shape index (κ3) is 3.21. The molecular weight excluding hydrogens is 325 g/mol. The van der Waals surface area contributed by atoms with E-state index in [-0.39, 0.29) is 11.9 Å². The standard InChI is InChI=1S/C13H17BrFN5/c1-8(2)7-16-9(3)13-17-18-19-20(13)12-10(14)5-4-6-11(12)15/h4-6,8-9,16H,7H2,1-3H3. The van der Waals surface area contributed by atoms with E-state index in [1.54, 1.807) is 12.1 Å². The van der Waals surface area contributed by atoms with E-state index in [0.29, 0.717) is 21.9 Å². The summed E-state index contributed by atoms with van der Waals surface area (Å²) in [7, 11) is 0. The molecule has 108 valence electrons. The predicted octanol–water partition coefficient (Wildman–Crippen LogP) is 2.87. The van der Waals surface area contributed by atoms with E-state index in [9.17, 15) is 4.39 Å². The van der Waals surface area contributed by atoms with E-state index in [1.165, 1.54) is 10.7 Å². The van der Waals surface area contributed by atoms with Crippen LogP contribution in [0.5, 0.6) is 0 Å². The van der Waals surface area contributed by atoms with E-state index in [2.05, 4.69) is 50.6 Å². The largest absolute Gasteiger partial charge is 0.307 e. The van der Waals surface area contributed by atoms with Crippen LogP contribution in [-0.4, -0.2) is 26.8 Å². The van der Waals surface area contributed by atoms with Crippen molar-refractivity contribution in [2.24, 2.45) is 5.92 Å². The first kappa shape index (κ1) is 15.1. The van der Waals surface area contributed by atoms with Crippen LogP contribution < -0.4 is 5.32 Å². The van der Waals surface area contributed by atoms with Gasteiger partial charge < -0.3 is 5.32 Å². The molecule has 1 aromatic carbocycles. The van der Waals surface area contributed by atoms with Gasteiger partial charge in [-0.15, -0.1) is 5.10 Å². The number of nitrogens with one attached hydrogen (secondary N) is 1. The number of tetrazole rings is 1. The monoisotopic (exact) mass is 341 g/mol. The zero-order chi connectivity index (χ0) is 14.7. The van der Waals surface area contributed by atoms with Crippen molar-refractivity contribution in [1.29, 1.82) is 0 Å². The molecule has 0 amide bonds. The summed E-state index contributed by atoms with van der Waals surface area (Å²) < 4.78 is 16.0. The van der Waals surface area contributed by atoms with E-state index >= 15 is 0 Å². The van der Waals surface area contributed by atoms with Gasteiger partial charge in [0.2, 0.25) is 0 Å². The van der Waals surface area contributed by atoms with Crippen LogP contribution in [0.1, 0.15) is 32.6 Å². The molecule has 0 bridgehead atoms. The summed E-state index contributed by atoms with van der Waals surface area (Å²) in [6.45, 7) is 7.04. The van der Waals surface area contributed by atoms with Gasteiger partial charge in [-0.25, -0.2) is 4.39 Å². The lowest BCUT2D eigenvalue weighted by atomic mass is 10.2. The highest BCUT2D eigenvalue weighted by atomic mass is 79.9. The minimum atomic E-state index is -0.371. The first-order valence-electron chi connectivity index (χ1n) is 6.46. The molecule has 0 aliphatic rings. The van der Waals surface area contributed by atoms with E-state index in [1.807, 2.05) is 6.92 Å². The first-order valence-corrected chi connectivity index (χ1v) is 7.26. The third-order valence-corrected chi connectivity index (χ3v) is 3.50. The smallest absolute Gasteiger partial charge is 0.173 e. The van der Waals surface area contributed by atoms with Gasteiger partial charge in [0.15, 0.2) is 5.82 Å². The van der Waals surface area contributed by atoms with E-state index in [4.69, 9.17) is 0 Å². The van der Waals surface area contributed by atoms with Crippen LogP contribution in [0.2, 0.25) is 0 Å². The van der Waals surface area contributed by atoms with Gasteiger partial charge in [-0.05, 0) is 57.9 Å². The molecule has 7 heteroatoms. The van der Waals surface area contributed by atoms with E-state index < -0.39 is 0 Å². The Kier molecular flexibility index (Phi) is 4.82. The molecule has 0 saturated heterocycles. The van der Waals surface area contributed by atoms with Crippen LogP contribution in [-0.2, 0) is 0 Å². The molecule has 1 unspecified atom stereocenters. The Morgan fingerprint density at radius 3 is 2.75 bits per heavy atom. The molecule has 1 atom stereocenters. The van der Waals surface area contributed by atoms with Gasteiger partial charge >= 0.3 is 0 Å². The number of hydrogen-bond donors (Lipinski definition) is 1. The number of benzene rings is 1. The third-order valence-electron chi connectivity index (χ3n) is 2.86. The van der Waals surface area contributed by atoms with Crippen LogP contribution in [0.15, 0.2) is 22.7 Å². The molecule has 1 heterocycles. The molecule has 0 aliphatic carbocycles. The topological polar surface area (TPSA) is 55.6 Å². The molecule has 1 N–H and O–H groups in total. The maximum absolute atomic E-state index is 14.0. The summed E-state index contributed by atoms with van der Waals surface area (Å²) in [5, 5.41) is 14.9. The molecule has 1 aromatic heterocycles. The van der Waals surface area contributed by atoms with Crippen LogP contribution in [0.3, 0.4) is 0 Å². The van der Waals surface area contributed by atoms with Crippen molar-refractivity contribution in [2.75, 3.05) is 6.54 Å². The maximum atomic E-state index is 14.0. The highest BCUT2D eigenvalue weighted by Gasteiger charge is 2.19. The quantitative estimate of drug-likeness (QED) is 0.908.